The maximum absolute atomic E-state index is 12.4. The molecule has 5 N–H and O–H groups in total. The Bertz CT molecular complexity index is 441. The third kappa shape index (κ3) is 16.4. The van der Waals surface area contributed by atoms with Gasteiger partial charge in [0, 0.05) is 19.5 Å². The van der Waals surface area contributed by atoms with Crippen molar-refractivity contribution in [3.63, 3.8) is 0 Å². The van der Waals surface area contributed by atoms with Crippen molar-refractivity contribution in [2.24, 2.45) is 11.7 Å². The molecule has 0 bridgehead atoms. The fourth-order valence-corrected chi connectivity index (χ4v) is 2.90. The van der Waals surface area contributed by atoms with Crippen LogP contribution >= 0.6 is 0 Å². The molecule has 7 nitrogen and oxygen atoms in total. The molecule has 4 amide bonds. The van der Waals surface area contributed by atoms with Crippen molar-refractivity contribution in [3.05, 3.63) is 0 Å². The number of carbonyl (C=O) groups excluding carboxylic acids is 3. The first kappa shape index (κ1) is 26.2. The molecule has 0 unspecified atom stereocenters. The Hall–Kier alpha value is -1.79. The van der Waals surface area contributed by atoms with Gasteiger partial charge in [-0.15, -0.1) is 0 Å². The third-order valence-electron chi connectivity index (χ3n) is 4.65. The van der Waals surface area contributed by atoms with Gasteiger partial charge in [-0.05, 0) is 31.6 Å². The van der Waals surface area contributed by atoms with Crippen LogP contribution in [-0.2, 0) is 9.59 Å². The van der Waals surface area contributed by atoms with Gasteiger partial charge < -0.3 is 21.7 Å². The van der Waals surface area contributed by atoms with Crippen molar-refractivity contribution in [2.75, 3.05) is 13.1 Å². The second-order valence-corrected chi connectivity index (χ2v) is 7.90. The zero-order valence-electron chi connectivity index (χ0n) is 18.1. The highest BCUT2D eigenvalue weighted by molar-refractivity contribution is 5.87. The van der Waals surface area contributed by atoms with Crippen molar-refractivity contribution < 1.29 is 14.4 Å². The number of nitrogens with one attached hydrogen (secondary N) is 3. The van der Waals surface area contributed by atoms with Crippen LogP contribution in [0.3, 0.4) is 0 Å². The maximum Gasteiger partial charge on any atom is 0.312 e. The minimum Gasteiger partial charge on any atom is -0.354 e. The molecule has 28 heavy (non-hydrogen) atoms. The molecule has 0 aromatic heterocycles. The summed E-state index contributed by atoms with van der Waals surface area (Å²) < 4.78 is 0. The van der Waals surface area contributed by atoms with Crippen LogP contribution in [0, 0.1) is 5.92 Å². The van der Waals surface area contributed by atoms with E-state index in [1.54, 1.807) is 0 Å². The number of hydrogen-bond acceptors (Lipinski definition) is 3. The van der Waals surface area contributed by atoms with Crippen molar-refractivity contribution >= 4 is 17.8 Å². The molecule has 0 rings (SSSR count). The summed E-state index contributed by atoms with van der Waals surface area (Å²) in [7, 11) is 0. The molecule has 0 aliphatic rings. The van der Waals surface area contributed by atoms with Gasteiger partial charge in [-0.1, -0.05) is 59.3 Å². The van der Waals surface area contributed by atoms with Gasteiger partial charge in [0.15, 0.2) is 0 Å². The second kappa shape index (κ2) is 17.3. The van der Waals surface area contributed by atoms with Crippen LogP contribution in [0.4, 0.5) is 4.79 Å². The van der Waals surface area contributed by atoms with Gasteiger partial charge in [-0.2, -0.15) is 0 Å². The molecule has 0 aliphatic carbocycles. The first-order valence-corrected chi connectivity index (χ1v) is 11.0. The molecule has 0 aliphatic heterocycles. The van der Waals surface area contributed by atoms with E-state index in [2.05, 4.69) is 36.7 Å². The molecule has 0 saturated heterocycles. The zero-order chi connectivity index (χ0) is 21.2. The smallest absolute Gasteiger partial charge is 0.312 e. The molecule has 0 aromatic carbocycles. The Morgan fingerprint density at radius 3 is 2.07 bits per heavy atom. The van der Waals surface area contributed by atoms with Gasteiger partial charge in [0.05, 0.1) is 0 Å². The highest BCUT2D eigenvalue weighted by Gasteiger charge is 2.20. The molecule has 0 aromatic rings. The summed E-state index contributed by atoms with van der Waals surface area (Å²) in [6, 6.07) is -1.15. The minimum atomic E-state index is -0.582. The van der Waals surface area contributed by atoms with Crippen molar-refractivity contribution in [3.8, 4) is 0 Å². The molecule has 7 heteroatoms. The van der Waals surface area contributed by atoms with Gasteiger partial charge in [0.2, 0.25) is 11.8 Å². The number of amides is 4. The van der Waals surface area contributed by atoms with E-state index in [1.807, 2.05) is 0 Å². The van der Waals surface area contributed by atoms with Gasteiger partial charge in [-0.25, -0.2) is 4.79 Å². The quantitative estimate of drug-likeness (QED) is 0.282. The average Bonchev–Trinajstić information content (AvgIpc) is 2.62. The van der Waals surface area contributed by atoms with Crippen LogP contribution in [0.25, 0.3) is 0 Å². The Balaban J connectivity index is 4.26. The molecule has 1 atom stereocenters. The van der Waals surface area contributed by atoms with E-state index in [9.17, 15) is 14.4 Å². The standard InChI is InChI=1S/C21H42N4O3/c1-4-5-6-7-8-9-10-13-19(26)25-18(12-11-15-24-21(22)28)20(27)23-16-14-17(2)3/h17-18H,4-16H2,1-3H3,(H,23,27)(H,25,26)(H3,22,24,28)/t18-/m0/s1. The van der Waals surface area contributed by atoms with Crippen LogP contribution < -0.4 is 21.7 Å². The molecule has 0 spiro atoms. The number of hydrogen-bond donors (Lipinski definition) is 4. The SMILES string of the molecule is CCCCCCCCCC(=O)N[C@@H](CCCNC(N)=O)C(=O)NCCC(C)C. The van der Waals surface area contributed by atoms with E-state index in [1.165, 1.54) is 25.7 Å². The van der Waals surface area contributed by atoms with Crippen LogP contribution in [0.5, 0.6) is 0 Å². The van der Waals surface area contributed by atoms with E-state index >= 15 is 0 Å². The largest absolute Gasteiger partial charge is 0.354 e. The lowest BCUT2D eigenvalue weighted by molar-refractivity contribution is -0.129. The first-order chi connectivity index (χ1) is 13.4. The fraction of sp³-hybridized carbons (Fsp3) is 0.857. The lowest BCUT2D eigenvalue weighted by Crippen LogP contribution is -2.47. The van der Waals surface area contributed by atoms with Crippen molar-refractivity contribution in [1.29, 1.82) is 0 Å². The summed E-state index contributed by atoms with van der Waals surface area (Å²) in [6.45, 7) is 7.38. The lowest BCUT2D eigenvalue weighted by Gasteiger charge is -2.19. The van der Waals surface area contributed by atoms with E-state index in [-0.39, 0.29) is 11.8 Å². The Morgan fingerprint density at radius 2 is 1.46 bits per heavy atom. The molecule has 164 valence electrons. The van der Waals surface area contributed by atoms with E-state index < -0.39 is 12.1 Å². The summed E-state index contributed by atoms with van der Waals surface area (Å²) in [5, 5.41) is 8.27. The molecule has 0 saturated carbocycles. The molecule has 0 radical (unpaired) electrons. The highest BCUT2D eigenvalue weighted by atomic mass is 16.2. The lowest BCUT2D eigenvalue weighted by atomic mass is 10.1. The zero-order valence-corrected chi connectivity index (χ0v) is 18.1. The number of rotatable bonds is 17. The maximum atomic E-state index is 12.4. The number of urea groups is 1. The predicted molar refractivity (Wildman–Crippen MR) is 114 cm³/mol. The predicted octanol–water partition coefficient (Wildman–Crippen LogP) is 3.22. The normalized spacial score (nSPS) is 11.9. The van der Waals surface area contributed by atoms with Gasteiger partial charge in [0.25, 0.3) is 0 Å². The number of primary amides is 1. The molecular weight excluding hydrogens is 356 g/mol. The van der Waals surface area contributed by atoms with Gasteiger partial charge in [0.1, 0.15) is 6.04 Å². The van der Waals surface area contributed by atoms with Crippen LogP contribution in [0.1, 0.15) is 91.4 Å². The molecular formula is C21H42N4O3. The van der Waals surface area contributed by atoms with Crippen molar-refractivity contribution in [1.82, 2.24) is 16.0 Å². The van der Waals surface area contributed by atoms with Gasteiger partial charge >= 0.3 is 6.03 Å². The summed E-state index contributed by atoms with van der Waals surface area (Å²) in [5.74, 6) is 0.263. The number of carbonyl (C=O) groups is 3. The Kier molecular flexibility index (Phi) is 16.2. The minimum absolute atomic E-state index is 0.0829. The monoisotopic (exact) mass is 398 g/mol. The van der Waals surface area contributed by atoms with Crippen LogP contribution in [0.15, 0.2) is 0 Å². The topological polar surface area (TPSA) is 113 Å². The summed E-state index contributed by atoms with van der Waals surface area (Å²) in [6.07, 6.45) is 10.4. The van der Waals surface area contributed by atoms with Crippen LogP contribution in [-0.4, -0.2) is 37.0 Å². The summed E-state index contributed by atoms with van der Waals surface area (Å²) in [4.78, 5) is 35.4. The average molecular weight is 399 g/mol. The van der Waals surface area contributed by atoms with E-state index in [0.717, 1.165) is 25.7 Å². The summed E-state index contributed by atoms with van der Waals surface area (Å²) in [5.41, 5.74) is 5.05. The molecule has 0 fully saturated rings. The first-order valence-electron chi connectivity index (χ1n) is 11.0. The van der Waals surface area contributed by atoms with E-state index in [0.29, 0.717) is 38.3 Å². The fourth-order valence-electron chi connectivity index (χ4n) is 2.90. The van der Waals surface area contributed by atoms with Crippen LogP contribution in [0.2, 0.25) is 0 Å². The van der Waals surface area contributed by atoms with E-state index in [4.69, 9.17) is 5.73 Å². The molecule has 0 heterocycles. The van der Waals surface area contributed by atoms with Crippen molar-refractivity contribution in [2.45, 2.75) is 97.4 Å². The Morgan fingerprint density at radius 1 is 0.821 bits per heavy atom. The number of unbranched alkanes of at least 4 members (excludes halogenated alkanes) is 6. The number of nitrogens with two attached hydrogens (primary N) is 1. The second-order valence-electron chi connectivity index (χ2n) is 7.90. The van der Waals surface area contributed by atoms with Gasteiger partial charge in [-0.3, -0.25) is 9.59 Å². The third-order valence-corrected chi connectivity index (χ3v) is 4.65. The Labute approximate surface area is 171 Å². The highest BCUT2D eigenvalue weighted by Crippen LogP contribution is 2.09. The summed E-state index contributed by atoms with van der Waals surface area (Å²) >= 11 is 0.